The van der Waals surface area contributed by atoms with Crippen molar-refractivity contribution in [1.29, 1.82) is 0 Å². The number of nitrogens with two attached hydrogens (primary N) is 1. The molecule has 124 valence electrons. The molecule has 5 heteroatoms. The van der Waals surface area contributed by atoms with Gasteiger partial charge in [0.25, 0.3) is 0 Å². The molecule has 2 aromatic heterocycles. The largest absolute Gasteiger partial charge is 0.476 e. The molecule has 2 heterocycles. The lowest BCUT2D eigenvalue weighted by atomic mass is 9.89. The van der Waals surface area contributed by atoms with Crippen molar-refractivity contribution in [3.8, 4) is 17.1 Å². The Morgan fingerprint density at radius 1 is 1.22 bits per heavy atom. The number of pyridine rings is 1. The Labute approximate surface area is 138 Å². The highest BCUT2D eigenvalue weighted by Crippen LogP contribution is 2.23. The van der Waals surface area contributed by atoms with Crippen molar-refractivity contribution >= 4 is 0 Å². The zero-order valence-electron chi connectivity index (χ0n) is 14.6. The van der Waals surface area contributed by atoms with Crippen LogP contribution in [0.1, 0.15) is 38.6 Å². The molecule has 0 aliphatic carbocycles. The quantitative estimate of drug-likeness (QED) is 0.916. The lowest BCUT2D eigenvalue weighted by molar-refractivity contribution is 0.233. The van der Waals surface area contributed by atoms with Gasteiger partial charge in [0.15, 0.2) is 0 Å². The number of rotatable bonds is 5. The Balaban J connectivity index is 2.05. The zero-order valence-corrected chi connectivity index (χ0v) is 14.6. The van der Waals surface area contributed by atoms with Crippen LogP contribution >= 0.6 is 0 Å². The Hall–Kier alpha value is -2.01. The van der Waals surface area contributed by atoms with E-state index < -0.39 is 0 Å². The summed E-state index contributed by atoms with van der Waals surface area (Å²) in [6, 6.07) is 3.91. The first kappa shape index (κ1) is 17.3. The van der Waals surface area contributed by atoms with Crippen molar-refractivity contribution in [1.82, 2.24) is 15.0 Å². The molecule has 2 aromatic rings. The van der Waals surface area contributed by atoms with Gasteiger partial charge in [-0.25, -0.2) is 15.0 Å². The van der Waals surface area contributed by atoms with Crippen LogP contribution in [0.4, 0.5) is 0 Å². The summed E-state index contributed by atoms with van der Waals surface area (Å²) in [5.41, 5.74) is 9.12. The first-order chi connectivity index (χ1) is 10.7. The smallest absolute Gasteiger partial charge is 0.216 e. The summed E-state index contributed by atoms with van der Waals surface area (Å²) >= 11 is 0. The normalized spacial score (nSPS) is 13.0. The number of ether oxygens (including phenoxy) is 1. The van der Waals surface area contributed by atoms with Gasteiger partial charge in [-0.2, -0.15) is 0 Å². The predicted molar refractivity (Wildman–Crippen MR) is 92.3 cm³/mol. The minimum Gasteiger partial charge on any atom is -0.476 e. The standard InChI is InChI=1S/C18H26N4O/c1-12-8-14(16-6-7-20-13(2)22-16)10-21-17(12)23-11-15(19)9-18(3,4)5/h6-8,10,15H,9,11,19H2,1-5H3. The molecule has 0 aromatic carbocycles. The summed E-state index contributed by atoms with van der Waals surface area (Å²) in [4.78, 5) is 12.9. The van der Waals surface area contributed by atoms with E-state index in [2.05, 4.69) is 35.7 Å². The van der Waals surface area contributed by atoms with E-state index in [4.69, 9.17) is 10.5 Å². The van der Waals surface area contributed by atoms with Crippen LogP contribution < -0.4 is 10.5 Å². The number of hydrogen-bond acceptors (Lipinski definition) is 5. The molecular formula is C18H26N4O. The molecular weight excluding hydrogens is 288 g/mol. The fourth-order valence-corrected chi connectivity index (χ4v) is 2.50. The van der Waals surface area contributed by atoms with E-state index in [1.54, 1.807) is 12.4 Å². The summed E-state index contributed by atoms with van der Waals surface area (Å²) in [5.74, 6) is 1.37. The minimum atomic E-state index is 0.000362. The van der Waals surface area contributed by atoms with Gasteiger partial charge in [0, 0.05) is 29.6 Å². The van der Waals surface area contributed by atoms with Crippen LogP contribution in [0, 0.1) is 19.3 Å². The van der Waals surface area contributed by atoms with Gasteiger partial charge in [0.1, 0.15) is 12.4 Å². The van der Waals surface area contributed by atoms with E-state index >= 15 is 0 Å². The first-order valence-electron chi connectivity index (χ1n) is 7.90. The maximum absolute atomic E-state index is 6.13. The highest BCUT2D eigenvalue weighted by molar-refractivity contribution is 5.59. The van der Waals surface area contributed by atoms with Gasteiger partial charge in [0.05, 0.1) is 5.69 Å². The summed E-state index contributed by atoms with van der Waals surface area (Å²) < 4.78 is 5.79. The number of hydrogen-bond donors (Lipinski definition) is 1. The van der Waals surface area contributed by atoms with Crippen LogP contribution in [-0.4, -0.2) is 27.6 Å². The van der Waals surface area contributed by atoms with Gasteiger partial charge in [-0.1, -0.05) is 20.8 Å². The highest BCUT2D eigenvalue weighted by Gasteiger charge is 2.16. The van der Waals surface area contributed by atoms with E-state index in [0.29, 0.717) is 12.5 Å². The number of nitrogens with zero attached hydrogens (tertiary/aromatic N) is 3. The molecule has 0 bridgehead atoms. The summed E-state index contributed by atoms with van der Waals surface area (Å²) in [6.45, 7) is 10.8. The minimum absolute atomic E-state index is 0.000362. The average molecular weight is 314 g/mol. The third kappa shape index (κ3) is 5.28. The van der Waals surface area contributed by atoms with E-state index in [-0.39, 0.29) is 11.5 Å². The van der Waals surface area contributed by atoms with Crippen molar-refractivity contribution in [2.24, 2.45) is 11.1 Å². The van der Waals surface area contributed by atoms with Crippen LogP contribution in [0.5, 0.6) is 5.88 Å². The van der Waals surface area contributed by atoms with Gasteiger partial charge >= 0.3 is 0 Å². The van der Waals surface area contributed by atoms with Crippen molar-refractivity contribution in [2.45, 2.75) is 47.1 Å². The van der Waals surface area contributed by atoms with Crippen molar-refractivity contribution < 1.29 is 4.74 Å². The molecule has 0 spiro atoms. The predicted octanol–water partition coefficient (Wildman–Crippen LogP) is 3.30. The molecule has 23 heavy (non-hydrogen) atoms. The van der Waals surface area contributed by atoms with Gasteiger partial charge < -0.3 is 10.5 Å². The van der Waals surface area contributed by atoms with Crippen molar-refractivity contribution in [3.63, 3.8) is 0 Å². The van der Waals surface area contributed by atoms with Gasteiger partial charge in [0.2, 0.25) is 5.88 Å². The summed E-state index contributed by atoms with van der Waals surface area (Å²) in [6.07, 6.45) is 4.44. The summed E-state index contributed by atoms with van der Waals surface area (Å²) in [5, 5.41) is 0. The van der Waals surface area contributed by atoms with Gasteiger partial charge in [-0.15, -0.1) is 0 Å². The van der Waals surface area contributed by atoms with Crippen LogP contribution in [0.15, 0.2) is 24.5 Å². The van der Waals surface area contributed by atoms with E-state index in [1.807, 2.05) is 26.0 Å². The number of aryl methyl sites for hydroxylation is 2. The second-order valence-electron chi connectivity index (χ2n) is 7.17. The SMILES string of the molecule is Cc1nccc(-c2cnc(OCC(N)CC(C)(C)C)c(C)c2)n1. The van der Waals surface area contributed by atoms with Gasteiger partial charge in [-0.05, 0) is 37.8 Å². The van der Waals surface area contributed by atoms with Crippen molar-refractivity contribution in [3.05, 3.63) is 35.9 Å². The first-order valence-corrected chi connectivity index (χ1v) is 7.90. The molecule has 0 saturated heterocycles. The fraction of sp³-hybridized carbons (Fsp3) is 0.500. The number of aromatic nitrogens is 3. The second kappa shape index (κ2) is 7.04. The average Bonchev–Trinajstić information content (AvgIpc) is 2.44. The fourth-order valence-electron chi connectivity index (χ4n) is 2.50. The highest BCUT2D eigenvalue weighted by atomic mass is 16.5. The monoisotopic (exact) mass is 314 g/mol. The molecule has 0 fully saturated rings. The molecule has 5 nitrogen and oxygen atoms in total. The van der Waals surface area contributed by atoms with Crippen LogP contribution in [-0.2, 0) is 0 Å². The molecule has 0 saturated carbocycles. The Kier molecular flexibility index (Phi) is 5.31. The molecule has 0 radical (unpaired) electrons. The lowest BCUT2D eigenvalue weighted by Crippen LogP contribution is -2.32. The third-order valence-electron chi connectivity index (χ3n) is 3.41. The topological polar surface area (TPSA) is 73.9 Å². The van der Waals surface area contributed by atoms with E-state index in [1.165, 1.54) is 0 Å². The summed E-state index contributed by atoms with van der Waals surface area (Å²) in [7, 11) is 0. The molecule has 2 N–H and O–H groups in total. The van der Waals surface area contributed by atoms with E-state index in [0.717, 1.165) is 29.1 Å². The molecule has 1 unspecified atom stereocenters. The Morgan fingerprint density at radius 3 is 2.57 bits per heavy atom. The van der Waals surface area contributed by atoms with Crippen LogP contribution in [0.3, 0.4) is 0 Å². The lowest BCUT2D eigenvalue weighted by Gasteiger charge is -2.23. The molecule has 1 atom stereocenters. The van der Waals surface area contributed by atoms with Crippen LogP contribution in [0.25, 0.3) is 11.3 Å². The van der Waals surface area contributed by atoms with E-state index in [9.17, 15) is 0 Å². The third-order valence-corrected chi connectivity index (χ3v) is 3.41. The van der Waals surface area contributed by atoms with Gasteiger partial charge in [-0.3, -0.25) is 0 Å². The Bertz CT molecular complexity index is 664. The van der Waals surface area contributed by atoms with Crippen molar-refractivity contribution in [2.75, 3.05) is 6.61 Å². The zero-order chi connectivity index (χ0) is 17.0. The van der Waals surface area contributed by atoms with Crippen LogP contribution in [0.2, 0.25) is 0 Å². The molecule has 2 rings (SSSR count). The maximum Gasteiger partial charge on any atom is 0.216 e. The molecule has 0 amide bonds. The molecule has 0 aliphatic rings. The second-order valence-corrected chi connectivity index (χ2v) is 7.17. The molecule has 0 aliphatic heterocycles. The Morgan fingerprint density at radius 2 is 1.96 bits per heavy atom. The maximum atomic E-state index is 6.13.